The molecule has 2 nitrogen and oxygen atoms in total. The van der Waals surface area contributed by atoms with Gasteiger partial charge in [-0.25, -0.2) is 9.37 Å². The van der Waals surface area contributed by atoms with E-state index in [0.717, 1.165) is 50.4 Å². The summed E-state index contributed by atoms with van der Waals surface area (Å²) in [5.74, 6) is -0.258. The van der Waals surface area contributed by atoms with Crippen molar-refractivity contribution >= 4 is 5.65 Å². The predicted molar refractivity (Wildman–Crippen MR) is 137 cm³/mol. The lowest BCUT2D eigenvalue weighted by Crippen LogP contribution is -1.92. The van der Waals surface area contributed by atoms with E-state index >= 15 is 0 Å². The van der Waals surface area contributed by atoms with E-state index < -0.39 is 0 Å². The second-order valence-electron chi connectivity index (χ2n) is 8.27. The quantitative estimate of drug-likeness (QED) is 0.270. The lowest BCUT2D eigenvalue weighted by atomic mass is 9.99. The molecular formula is C31H21FN2. The summed E-state index contributed by atoms with van der Waals surface area (Å²) in [6.45, 7) is 0. The van der Waals surface area contributed by atoms with Crippen LogP contribution >= 0.6 is 0 Å². The van der Waals surface area contributed by atoms with Gasteiger partial charge >= 0.3 is 0 Å². The Morgan fingerprint density at radius 3 is 1.79 bits per heavy atom. The van der Waals surface area contributed by atoms with Crippen LogP contribution in [0.2, 0.25) is 0 Å². The van der Waals surface area contributed by atoms with Crippen LogP contribution in [-0.2, 0) is 0 Å². The van der Waals surface area contributed by atoms with Gasteiger partial charge in [0, 0.05) is 17.3 Å². The lowest BCUT2D eigenvalue weighted by molar-refractivity contribution is 0.628. The maximum Gasteiger partial charge on any atom is 0.137 e. The van der Waals surface area contributed by atoms with Gasteiger partial charge in [-0.15, -0.1) is 0 Å². The first-order valence-corrected chi connectivity index (χ1v) is 11.3. The first-order valence-electron chi connectivity index (χ1n) is 11.3. The van der Waals surface area contributed by atoms with E-state index in [4.69, 9.17) is 4.98 Å². The minimum absolute atomic E-state index is 0.258. The van der Waals surface area contributed by atoms with Gasteiger partial charge in [0.1, 0.15) is 11.5 Å². The average Bonchev–Trinajstić information content (AvgIpc) is 3.29. The predicted octanol–water partition coefficient (Wildman–Crippen LogP) is 8.14. The first-order chi connectivity index (χ1) is 16.8. The summed E-state index contributed by atoms with van der Waals surface area (Å²) in [6, 6.07) is 39.9. The van der Waals surface area contributed by atoms with E-state index in [1.807, 2.05) is 42.5 Å². The fraction of sp³-hybridized carbons (Fsp3) is 0. The number of halogens is 1. The summed E-state index contributed by atoms with van der Waals surface area (Å²) in [5, 5.41) is 0. The fourth-order valence-corrected chi connectivity index (χ4v) is 4.41. The zero-order valence-corrected chi connectivity index (χ0v) is 18.4. The van der Waals surface area contributed by atoms with Crippen LogP contribution in [0.3, 0.4) is 0 Å². The molecule has 2 heterocycles. The molecule has 0 aliphatic heterocycles. The highest BCUT2D eigenvalue weighted by molar-refractivity contribution is 5.84. The van der Waals surface area contributed by atoms with Crippen molar-refractivity contribution in [2.24, 2.45) is 0 Å². The van der Waals surface area contributed by atoms with Crippen LogP contribution in [0, 0.1) is 5.82 Å². The summed E-state index contributed by atoms with van der Waals surface area (Å²) in [4.78, 5) is 4.97. The number of rotatable bonds is 4. The standard InChI is InChI=1S/C31H21FN2/c32-28-17-14-24(15-18-28)30-31(26-13-7-12-25(20-26)22-8-3-1-4-9-22)34-21-27(16-19-29(34)33-30)23-10-5-2-6-11-23/h1-21H. The molecule has 0 saturated carbocycles. The number of fused-ring (bicyclic) bond motifs is 1. The van der Waals surface area contributed by atoms with Gasteiger partial charge in [-0.2, -0.15) is 0 Å². The third-order valence-electron chi connectivity index (χ3n) is 6.09. The van der Waals surface area contributed by atoms with Crippen LogP contribution in [0.15, 0.2) is 128 Å². The topological polar surface area (TPSA) is 17.3 Å². The molecule has 6 rings (SSSR count). The van der Waals surface area contributed by atoms with Crippen LogP contribution in [-0.4, -0.2) is 9.38 Å². The highest BCUT2D eigenvalue weighted by atomic mass is 19.1. The molecule has 6 aromatic rings. The zero-order chi connectivity index (χ0) is 22.9. The SMILES string of the molecule is Fc1ccc(-c2nc3ccc(-c4ccccc4)cn3c2-c2cccc(-c3ccccc3)c2)cc1. The van der Waals surface area contributed by atoms with Gasteiger partial charge in [0.15, 0.2) is 0 Å². The van der Waals surface area contributed by atoms with Crippen molar-refractivity contribution < 1.29 is 4.39 Å². The van der Waals surface area contributed by atoms with Crippen LogP contribution in [0.1, 0.15) is 0 Å². The molecule has 4 aromatic carbocycles. The second-order valence-corrected chi connectivity index (χ2v) is 8.27. The van der Waals surface area contributed by atoms with Crippen molar-refractivity contribution in [1.29, 1.82) is 0 Å². The third kappa shape index (κ3) is 3.67. The van der Waals surface area contributed by atoms with Gasteiger partial charge in [-0.05, 0) is 64.7 Å². The number of hydrogen-bond acceptors (Lipinski definition) is 1. The van der Waals surface area contributed by atoms with Crippen molar-refractivity contribution in [1.82, 2.24) is 9.38 Å². The third-order valence-corrected chi connectivity index (χ3v) is 6.09. The largest absolute Gasteiger partial charge is 0.298 e. The molecule has 0 radical (unpaired) electrons. The zero-order valence-electron chi connectivity index (χ0n) is 18.4. The molecule has 0 atom stereocenters. The smallest absolute Gasteiger partial charge is 0.137 e. The van der Waals surface area contributed by atoms with Gasteiger partial charge in [-0.3, -0.25) is 4.40 Å². The molecule has 0 unspecified atom stereocenters. The molecule has 0 aliphatic carbocycles. The summed E-state index contributed by atoms with van der Waals surface area (Å²) < 4.78 is 15.8. The van der Waals surface area contributed by atoms with Crippen LogP contribution in [0.25, 0.3) is 50.4 Å². The molecule has 0 amide bonds. The number of aromatic nitrogens is 2. The van der Waals surface area contributed by atoms with Crippen molar-refractivity contribution in [3.05, 3.63) is 133 Å². The first kappa shape index (κ1) is 20.1. The maximum absolute atomic E-state index is 13.7. The Morgan fingerprint density at radius 1 is 0.500 bits per heavy atom. The number of benzene rings is 4. The minimum atomic E-state index is -0.258. The van der Waals surface area contributed by atoms with Crippen LogP contribution in [0.5, 0.6) is 0 Å². The average molecular weight is 441 g/mol. The van der Waals surface area contributed by atoms with E-state index in [1.54, 1.807) is 12.1 Å². The Bertz CT molecular complexity index is 1580. The molecule has 0 saturated heterocycles. The molecule has 0 fully saturated rings. The molecule has 0 bridgehead atoms. The monoisotopic (exact) mass is 440 g/mol. The molecule has 0 N–H and O–H groups in total. The van der Waals surface area contributed by atoms with E-state index in [-0.39, 0.29) is 5.82 Å². The summed E-state index contributed by atoms with van der Waals surface area (Å²) in [5.41, 5.74) is 9.14. The van der Waals surface area contributed by atoms with E-state index in [1.165, 1.54) is 12.1 Å². The van der Waals surface area contributed by atoms with Gasteiger partial charge < -0.3 is 0 Å². The molecule has 3 heteroatoms. The van der Waals surface area contributed by atoms with Gasteiger partial charge in [0.05, 0.1) is 11.4 Å². The lowest BCUT2D eigenvalue weighted by Gasteiger charge is -2.10. The van der Waals surface area contributed by atoms with Crippen molar-refractivity contribution in [2.75, 3.05) is 0 Å². The van der Waals surface area contributed by atoms with Crippen LogP contribution in [0.4, 0.5) is 4.39 Å². The highest BCUT2D eigenvalue weighted by Gasteiger charge is 2.17. The van der Waals surface area contributed by atoms with E-state index in [0.29, 0.717) is 0 Å². The molecule has 0 aliphatic rings. The highest BCUT2D eigenvalue weighted by Crippen LogP contribution is 2.36. The Balaban J connectivity index is 1.60. The number of hydrogen-bond donors (Lipinski definition) is 0. The Kier molecular flexibility index (Phi) is 5.00. The molecule has 34 heavy (non-hydrogen) atoms. The van der Waals surface area contributed by atoms with E-state index in [9.17, 15) is 4.39 Å². The molecule has 2 aromatic heterocycles. The molecule has 162 valence electrons. The molecule has 0 spiro atoms. The Hall–Kier alpha value is -4.50. The minimum Gasteiger partial charge on any atom is -0.298 e. The van der Waals surface area contributed by atoms with Gasteiger partial charge in [0.25, 0.3) is 0 Å². The van der Waals surface area contributed by atoms with Crippen molar-refractivity contribution in [3.63, 3.8) is 0 Å². The second kappa shape index (κ2) is 8.45. The number of pyridine rings is 1. The number of nitrogens with zero attached hydrogens (tertiary/aromatic N) is 2. The summed E-state index contributed by atoms with van der Waals surface area (Å²) >= 11 is 0. The molecular weight excluding hydrogens is 419 g/mol. The van der Waals surface area contributed by atoms with Gasteiger partial charge in [0.2, 0.25) is 0 Å². The van der Waals surface area contributed by atoms with Crippen LogP contribution < -0.4 is 0 Å². The maximum atomic E-state index is 13.7. The van der Waals surface area contributed by atoms with Gasteiger partial charge in [-0.1, -0.05) is 78.9 Å². The summed E-state index contributed by atoms with van der Waals surface area (Å²) in [6.07, 6.45) is 2.13. The Labute approximate surface area is 197 Å². The normalized spacial score (nSPS) is 11.1. The van der Waals surface area contributed by atoms with Crippen molar-refractivity contribution in [3.8, 4) is 44.8 Å². The fourth-order valence-electron chi connectivity index (χ4n) is 4.41. The van der Waals surface area contributed by atoms with E-state index in [2.05, 4.69) is 65.2 Å². The van der Waals surface area contributed by atoms with Crippen molar-refractivity contribution in [2.45, 2.75) is 0 Å². The Morgan fingerprint density at radius 2 is 1.09 bits per heavy atom. The summed E-state index contributed by atoms with van der Waals surface area (Å²) in [7, 11) is 0. The number of imidazole rings is 1.